The second kappa shape index (κ2) is 5.11. The van der Waals surface area contributed by atoms with Crippen LogP contribution in [0.25, 0.3) is 0 Å². The van der Waals surface area contributed by atoms with Gasteiger partial charge >= 0.3 is 6.18 Å². The molecule has 0 atom stereocenters. The van der Waals surface area contributed by atoms with Crippen molar-refractivity contribution in [2.24, 2.45) is 5.73 Å². The summed E-state index contributed by atoms with van der Waals surface area (Å²) in [5.41, 5.74) is 4.94. The van der Waals surface area contributed by atoms with Gasteiger partial charge in [0.05, 0.1) is 0 Å². The van der Waals surface area contributed by atoms with Gasteiger partial charge < -0.3 is 5.73 Å². The second-order valence-electron chi connectivity index (χ2n) is 3.26. The van der Waals surface area contributed by atoms with E-state index in [1.165, 1.54) is 6.07 Å². The van der Waals surface area contributed by atoms with Crippen molar-refractivity contribution < 1.29 is 13.2 Å². The number of pyridine rings is 1. The number of hydrogen-bond acceptors (Lipinski definition) is 2. The second-order valence-corrected chi connectivity index (χ2v) is 3.26. The Bertz CT molecular complexity index is 310. The zero-order valence-electron chi connectivity index (χ0n) is 8.22. The van der Waals surface area contributed by atoms with Crippen LogP contribution in [0.3, 0.4) is 0 Å². The largest absolute Gasteiger partial charge is 0.433 e. The van der Waals surface area contributed by atoms with Crippen LogP contribution in [0.5, 0.6) is 0 Å². The highest BCUT2D eigenvalue weighted by Crippen LogP contribution is 2.27. The maximum absolute atomic E-state index is 12.3. The van der Waals surface area contributed by atoms with Gasteiger partial charge in [-0.05, 0) is 37.9 Å². The monoisotopic (exact) mass is 218 g/mol. The molecule has 0 aliphatic rings. The van der Waals surface area contributed by atoms with Crippen molar-refractivity contribution in [2.75, 3.05) is 6.54 Å². The van der Waals surface area contributed by atoms with E-state index in [4.69, 9.17) is 5.73 Å². The Balaban J connectivity index is 2.66. The van der Waals surface area contributed by atoms with Crippen molar-refractivity contribution in [2.45, 2.75) is 25.4 Å². The molecule has 1 heterocycles. The third-order valence-electron chi connectivity index (χ3n) is 1.98. The lowest BCUT2D eigenvalue weighted by Crippen LogP contribution is -2.09. The van der Waals surface area contributed by atoms with Gasteiger partial charge in [-0.25, -0.2) is 4.98 Å². The molecule has 0 aliphatic carbocycles. The highest BCUT2D eigenvalue weighted by atomic mass is 19.4. The molecule has 0 aromatic carbocycles. The Morgan fingerprint density at radius 1 is 1.20 bits per heavy atom. The van der Waals surface area contributed by atoms with E-state index in [-0.39, 0.29) is 0 Å². The lowest BCUT2D eigenvalue weighted by atomic mass is 10.1. The molecule has 0 saturated heterocycles. The minimum Gasteiger partial charge on any atom is -0.330 e. The molecule has 0 unspecified atom stereocenters. The molecular formula is C10H13F3N2. The van der Waals surface area contributed by atoms with Gasteiger partial charge in [0.2, 0.25) is 0 Å². The van der Waals surface area contributed by atoms with Gasteiger partial charge in [0, 0.05) is 5.69 Å². The molecular weight excluding hydrogens is 205 g/mol. The van der Waals surface area contributed by atoms with E-state index in [0.29, 0.717) is 18.7 Å². The molecule has 5 heteroatoms. The normalized spacial score (nSPS) is 11.7. The summed E-state index contributed by atoms with van der Waals surface area (Å²) in [5.74, 6) is 0. The smallest absolute Gasteiger partial charge is 0.330 e. The Morgan fingerprint density at radius 2 is 1.93 bits per heavy atom. The Labute approximate surface area is 86.3 Å². The molecule has 0 spiro atoms. The first-order chi connectivity index (χ1) is 7.04. The molecule has 1 aromatic rings. The molecule has 0 aliphatic heterocycles. The van der Waals surface area contributed by atoms with Gasteiger partial charge in [-0.15, -0.1) is 0 Å². The number of rotatable bonds is 4. The standard InChI is InChI=1S/C10H13F3N2/c11-10(12,13)9-6-3-5-8(15-9)4-1-2-7-14/h3,5-6H,1-2,4,7,14H2. The van der Waals surface area contributed by atoms with Crippen LogP contribution < -0.4 is 5.73 Å². The zero-order valence-corrected chi connectivity index (χ0v) is 8.22. The molecule has 2 N–H and O–H groups in total. The van der Waals surface area contributed by atoms with Crippen LogP contribution in [0, 0.1) is 0 Å². The quantitative estimate of drug-likeness (QED) is 0.788. The number of hydrogen-bond donors (Lipinski definition) is 1. The van der Waals surface area contributed by atoms with Crippen molar-refractivity contribution in [1.82, 2.24) is 4.98 Å². The molecule has 1 aromatic heterocycles. The summed E-state index contributed by atoms with van der Waals surface area (Å²) in [6.07, 6.45) is -2.24. The summed E-state index contributed by atoms with van der Waals surface area (Å²) < 4.78 is 36.8. The van der Waals surface area contributed by atoms with Crippen molar-refractivity contribution in [3.05, 3.63) is 29.6 Å². The first kappa shape index (κ1) is 12.0. The van der Waals surface area contributed by atoms with Crippen molar-refractivity contribution >= 4 is 0 Å². The lowest BCUT2D eigenvalue weighted by molar-refractivity contribution is -0.141. The number of unbranched alkanes of at least 4 members (excludes halogenated alkanes) is 1. The van der Waals surface area contributed by atoms with Gasteiger partial charge in [-0.3, -0.25) is 0 Å². The summed E-state index contributed by atoms with van der Waals surface area (Å²) in [6, 6.07) is 3.96. The average molecular weight is 218 g/mol. The van der Waals surface area contributed by atoms with E-state index in [1.54, 1.807) is 6.07 Å². The summed E-state index contributed by atoms with van der Waals surface area (Å²) in [4.78, 5) is 3.55. The fraction of sp³-hybridized carbons (Fsp3) is 0.500. The minimum absolute atomic E-state index is 0.471. The SMILES string of the molecule is NCCCCc1cccc(C(F)(F)F)n1. The minimum atomic E-state index is -4.36. The van der Waals surface area contributed by atoms with Crippen molar-refractivity contribution in [1.29, 1.82) is 0 Å². The lowest BCUT2D eigenvalue weighted by Gasteiger charge is -2.07. The fourth-order valence-corrected chi connectivity index (χ4v) is 1.23. The molecule has 0 saturated carbocycles. The fourth-order valence-electron chi connectivity index (χ4n) is 1.23. The Hall–Kier alpha value is -1.10. The van der Waals surface area contributed by atoms with Crippen LogP contribution in [-0.2, 0) is 12.6 Å². The number of halogens is 3. The molecule has 1 rings (SSSR count). The summed E-state index contributed by atoms with van der Waals surface area (Å²) in [5, 5.41) is 0. The zero-order chi connectivity index (χ0) is 11.3. The summed E-state index contributed by atoms with van der Waals surface area (Å²) in [7, 11) is 0. The first-order valence-corrected chi connectivity index (χ1v) is 4.77. The van der Waals surface area contributed by atoms with Gasteiger partial charge in [0.15, 0.2) is 0 Å². The third kappa shape index (κ3) is 3.87. The van der Waals surface area contributed by atoms with Gasteiger partial charge in [0.25, 0.3) is 0 Å². The van der Waals surface area contributed by atoms with Crippen LogP contribution in [-0.4, -0.2) is 11.5 Å². The predicted molar refractivity (Wildman–Crippen MR) is 51.2 cm³/mol. The average Bonchev–Trinajstić information content (AvgIpc) is 2.17. The number of alkyl halides is 3. The van der Waals surface area contributed by atoms with E-state index >= 15 is 0 Å². The number of aromatic nitrogens is 1. The van der Waals surface area contributed by atoms with E-state index in [2.05, 4.69) is 4.98 Å². The van der Waals surface area contributed by atoms with E-state index in [0.717, 1.165) is 18.9 Å². The maximum atomic E-state index is 12.3. The van der Waals surface area contributed by atoms with Crippen LogP contribution in [0.2, 0.25) is 0 Å². The highest BCUT2D eigenvalue weighted by molar-refractivity contribution is 5.13. The Morgan fingerprint density at radius 3 is 2.53 bits per heavy atom. The van der Waals surface area contributed by atoms with Crippen molar-refractivity contribution in [3.8, 4) is 0 Å². The number of nitrogens with two attached hydrogens (primary N) is 1. The molecule has 84 valence electrons. The first-order valence-electron chi connectivity index (χ1n) is 4.77. The molecule has 0 amide bonds. The summed E-state index contributed by atoms with van der Waals surface area (Å²) in [6.45, 7) is 0.555. The summed E-state index contributed by atoms with van der Waals surface area (Å²) >= 11 is 0. The van der Waals surface area contributed by atoms with Crippen LogP contribution >= 0.6 is 0 Å². The van der Waals surface area contributed by atoms with Crippen molar-refractivity contribution in [3.63, 3.8) is 0 Å². The third-order valence-corrected chi connectivity index (χ3v) is 1.98. The molecule has 15 heavy (non-hydrogen) atoms. The van der Waals surface area contributed by atoms with Gasteiger partial charge in [0.1, 0.15) is 5.69 Å². The van der Waals surface area contributed by atoms with E-state index in [1.807, 2.05) is 0 Å². The van der Waals surface area contributed by atoms with Gasteiger partial charge in [-0.2, -0.15) is 13.2 Å². The van der Waals surface area contributed by atoms with E-state index < -0.39 is 11.9 Å². The van der Waals surface area contributed by atoms with Crippen LogP contribution in [0.15, 0.2) is 18.2 Å². The number of nitrogens with zero attached hydrogens (tertiary/aromatic N) is 1. The molecule has 0 bridgehead atoms. The molecule has 0 radical (unpaired) electrons. The van der Waals surface area contributed by atoms with E-state index in [9.17, 15) is 13.2 Å². The molecule has 2 nitrogen and oxygen atoms in total. The van der Waals surface area contributed by atoms with Crippen LogP contribution in [0.4, 0.5) is 13.2 Å². The maximum Gasteiger partial charge on any atom is 0.433 e. The number of aryl methyl sites for hydroxylation is 1. The predicted octanol–water partition coefficient (Wildman–Crippen LogP) is 2.38. The van der Waals surface area contributed by atoms with Crippen LogP contribution in [0.1, 0.15) is 24.2 Å². The topological polar surface area (TPSA) is 38.9 Å². The highest BCUT2D eigenvalue weighted by Gasteiger charge is 2.32. The molecule has 0 fully saturated rings. The Kier molecular flexibility index (Phi) is 4.08. The van der Waals surface area contributed by atoms with Gasteiger partial charge in [-0.1, -0.05) is 6.07 Å².